The van der Waals surface area contributed by atoms with E-state index in [4.69, 9.17) is 0 Å². The van der Waals surface area contributed by atoms with Gasteiger partial charge in [-0.3, -0.25) is 4.39 Å². The van der Waals surface area contributed by atoms with Gasteiger partial charge in [-0.2, -0.15) is 0 Å². The molecule has 2 aromatic carbocycles. The highest BCUT2D eigenvalue weighted by Crippen LogP contribution is 2.12. The summed E-state index contributed by atoms with van der Waals surface area (Å²) in [5.41, 5.74) is 8.90. The summed E-state index contributed by atoms with van der Waals surface area (Å²) in [6.07, 6.45) is 9.95. The molecule has 1 heteroatoms. The lowest BCUT2D eigenvalue weighted by atomic mass is 10.0. The molecule has 0 fully saturated rings. The van der Waals surface area contributed by atoms with Crippen LogP contribution in [0.2, 0.25) is 0 Å². The van der Waals surface area contributed by atoms with Gasteiger partial charge in [-0.05, 0) is 83.6 Å². The maximum Gasteiger partial charge on any atom is 0.0785 e. The van der Waals surface area contributed by atoms with Crippen molar-refractivity contribution in [2.75, 3.05) is 7.18 Å². The van der Waals surface area contributed by atoms with Crippen LogP contribution in [0.5, 0.6) is 0 Å². The number of hydrogen-bond acceptors (Lipinski definition) is 0. The van der Waals surface area contributed by atoms with E-state index in [1.807, 2.05) is 93.5 Å². The van der Waals surface area contributed by atoms with E-state index in [1.54, 1.807) is 0 Å². The minimum absolute atomic E-state index is 0.500. The Morgan fingerprint density at radius 2 is 1.18 bits per heavy atom. The molecule has 0 amide bonds. The highest BCUT2D eigenvalue weighted by Gasteiger charge is 1.97. The number of alkyl halides is 1. The van der Waals surface area contributed by atoms with Gasteiger partial charge >= 0.3 is 0 Å². The molecule has 38 heavy (non-hydrogen) atoms. The van der Waals surface area contributed by atoms with Gasteiger partial charge in [0.25, 0.3) is 0 Å². The first-order chi connectivity index (χ1) is 18.1. The van der Waals surface area contributed by atoms with Crippen LogP contribution in [0.15, 0.2) is 109 Å². The van der Waals surface area contributed by atoms with Crippen molar-refractivity contribution in [3.8, 4) is 0 Å². The van der Waals surface area contributed by atoms with Crippen molar-refractivity contribution in [2.45, 2.75) is 95.9 Å². The summed E-state index contributed by atoms with van der Waals surface area (Å²) in [4.78, 5) is 0. The Balaban J connectivity index is -0.000000139. The second kappa shape index (κ2) is 36.2. The third-order valence-electron chi connectivity index (χ3n) is 4.28. The number of allylic oxidation sites excluding steroid dienone is 7. The summed E-state index contributed by atoms with van der Waals surface area (Å²) < 4.78 is 9.50. The molecule has 0 N–H and O–H groups in total. The molecular formula is C37H61F. The first kappa shape index (κ1) is 45.0. The number of halogens is 1. The topological polar surface area (TPSA) is 0 Å². The molecule has 0 radical (unpaired) electrons. The van der Waals surface area contributed by atoms with E-state index in [1.165, 1.54) is 27.8 Å². The Hall–Kier alpha value is -2.93. The molecule has 0 heterocycles. The van der Waals surface area contributed by atoms with Gasteiger partial charge in [0.05, 0.1) is 7.18 Å². The Kier molecular flexibility index (Phi) is 42.9. The second-order valence-electron chi connectivity index (χ2n) is 7.94. The van der Waals surface area contributed by atoms with E-state index in [9.17, 15) is 4.39 Å². The molecule has 0 saturated heterocycles. The lowest BCUT2D eigenvalue weighted by molar-refractivity contribution is 0.636. The van der Waals surface area contributed by atoms with Crippen molar-refractivity contribution >= 4 is 0 Å². The number of benzene rings is 2. The third-order valence-corrected chi connectivity index (χ3v) is 4.28. The van der Waals surface area contributed by atoms with Crippen molar-refractivity contribution in [1.29, 1.82) is 0 Å². The van der Waals surface area contributed by atoms with Crippen molar-refractivity contribution in [1.82, 2.24) is 0 Å². The van der Waals surface area contributed by atoms with E-state index < -0.39 is 0 Å². The van der Waals surface area contributed by atoms with Crippen molar-refractivity contribution in [3.63, 3.8) is 0 Å². The Morgan fingerprint density at radius 3 is 1.45 bits per heavy atom. The molecule has 2 aromatic rings. The zero-order valence-corrected chi connectivity index (χ0v) is 27.3. The number of rotatable bonds is 5. The monoisotopic (exact) mass is 524 g/mol. The van der Waals surface area contributed by atoms with E-state index in [0.717, 1.165) is 24.0 Å². The van der Waals surface area contributed by atoms with Crippen LogP contribution in [-0.2, 0) is 12.8 Å². The highest BCUT2D eigenvalue weighted by atomic mass is 19.1. The van der Waals surface area contributed by atoms with Gasteiger partial charge in [-0.15, -0.1) is 6.58 Å². The third kappa shape index (κ3) is 33.1. The van der Waals surface area contributed by atoms with Gasteiger partial charge < -0.3 is 0 Å². The summed E-state index contributed by atoms with van der Waals surface area (Å²) in [5, 5.41) is 0. The fourth-order valence-corrected chi connectivity index (χ4v) is 2.49. The van der Waals surface area contributed by atoms with E-state index in [-0.39, 0.29) is 0 Å². The maximum absolute atomic E-state index is 9.50. The van der Waals surface area contributed by atoms with Crippen LogP contribution < -0.4 is 0 Å². The van der Waals surface area contributed by atoms with Crippen LogP contribution >= 0.6 is 0 Å². The van der Waals surface area contributed by atoms with Crippen LogP contribution in [0.25, 0.3) is 0 Å². The van der Waals surface area contributed by atoms with Crippen LogP contribution in [0.1, 0.15) is 98.4 Å². The Bertz CT molecular complexity index is 841. The zero-order valence-electron chi connectivity index (χ0n) is 27.3. The summed E-state index contributed by atoms with van der Waals surface area (Å²) in [5.74, 6) is 0. The predicted molar refractivity (Wildman–Crippen MR) is 179 cm³/mol. The molecule has 0 bridgehead atoms. The molecule has 0 atom stereocenters. The van der Waals surface area contributed by atoms with Crippen LogP contribution in [0.3, 0.4) is 0 Å². The smallest absolute Gasteiger partial charge is 0.0785 e. The average Bonchev–Trinajstić information content (AvgIpc) is 2.93. The van der Waals surface area contributed by atoms with Gasteiger partial charge in [0.15, 0.2) is 0 Å². The Labute approximate surface area is 238 Å². The molecule has 216 valence electrons. The van der Waals surface area contributed by atoms with Crippen molar-refractivity contribution < 1.29 is 4.39 Å². The van der Waals surface area contributed by atoms with Crippen molar-refractivity contribution in [2.24, 2.45) is 0 Å². The molecule has 0 aromatic heterocycles. The standard InChI is InChI=1S/C16H18.C8H12.2C4H8.2C2H6.CH3F/c1-3-14-7-9-15(10-8-14)12-16-6-4-5-13(2)11-16;1-5-8(6-2)7(3)4;1-4(2)3;1-3-4-2;3*1-2/h4-11H,3,12H2,1-2H3;5-6H,1,3H2,2,4H3;1H2,2-3H3;3-4H,1-2H3;2*1-2H3;1H3/b;8-6+;;4-3-;;;. The van der Waals surface area contributed by atoms with Crippen LogP contribution in [0, 0.1) is 6.92 Å². The van der Waals surface area contributed by atoms with Gasteiger partial charge in [0.1, 0.15) is 0 Å². The molecule has 0 spiro atoms. The minimum atomic E-state index is 0.500. The number of hydrogen-bond donors (Lipinski definition) is 0. The van der Waals surface area contributed by atoms with Gasteiger partial charge in [-0.25, -0.2) is 0 Å². The summed E-state index contributed by atoms with van der Waals surface area (Å²) in [6.45, 7) is 35.2. The number of aryl methyl sites for hydroxylation is 2. The predicted octanol–water partition coefficient (Wildman–Crippen LogP) is 12.6. The van der Waals surface area contributed by atoms with E-state index >= 15 is 0 Å². The first-order valence-corrected chi connectivity index (χ1v) is 13.8. The minimum Gasteiger partial charge on any atom is -0.255 e. The van der Waals surface area contributed by atoms with Gasteiger partial charge in [0, 0.05) is 0 Å². The molecule has 0 aliphatic carbocycles. The molecule has 0 saturated carbocycles. The SMILES string of the molecule is C/C=C\C.C=C(C)C.C=C/C(=C\C)C(=C)C.CC.CC.CCc1ccc(Cc2cccc(C)c2)cc1.CF. The largest absolute Gasteiger partial charge is 0.255 e. The molecule has 2 rings (SSSR count). The Morgan fingerprint density at radius 1 is 0.763 bits per heavy atom. The normalized spacial score (nSPS) is 8.84. The fraction of sp³-hybridized carbons (Fsp3) is 0.405. The molecular weight excluding hydrogens is 463 g/mol. The zero-order chi connectivity index (χ0) is 30.9. The molecule has 0 unspecified atom stereocenters. The average molecular weight is 525 g/mol. The van der Waals surface area contributed by atoms with Crippen molar-refractivity contribution in [3.05, 3.63) is 132 Å². The van der Waals surface area contributed by atoms with Crippen LogP contribution in [-0.4, -0.2) is 7.18 Å². The molecule has 0 nitrogen and oxygen atoms in total. The van der Waals surface area contributed by atoms with E-state index in [0.29, 0.717) is 7.18 Å². The quantitative estimate of drug-likeness (QED) is 0.269. The van der Waals surface area contributed by atoms with Crippen LogP contribution in [0.4, 0.5) is 4.39 Å². The van der Waals surface area contributed by atoms with E-state index in [2.05, 4.69) is 82.1 Å². The lowest BCUT2D eigenvalue weighted by Crippen LogP contribution is -1.89. The summed E-state index contributed by atoms with van der Waals surface area (Å²) in [7, 11) is 0.500. The highest BCUT2D eigenvalue weighted by molar-refractivity contribution is 5.34. The van der Waals surface area contributed by atoms with Gasteiger partial charge in [-0.1, -0.05) is 137 Å². The summed E-state index contributed by atoms with van der Waals surface area (Å²) in [6, 6.07) is 17.7. The molecule has 0 aliphatic rings. The fourth-order valence-electron chi connectivity index (χ4n) is 2.49. The lowest BCUT2D eigenvalue weighted by Gasteiger charge is -2.04. The molecule has 0 aliphatic heterocycles. The second-order valence-corrected chi connectivity index (χ2v) is 7.94. The first-order valence-electron chi connectivity index (χ1n) is 13.8. The summed E-state index contributed by atoms with van der Waals surface area (Å²) >= 11 is 0. The van der Waals surface area contributed by atoms with Gasteiger partial charge in [0.2, 0.25) is 0 Å². The maximum atomic E-state index is 9.50.